The van der Waals surface area contributed by atoms with E-state index in [4.69, 9.17) is 4.42 Å². The third-order valence-corrected chi connectivity index (χ3v) is 4.86. The van der Waals surface area contributed by atoms with Crippen LogP contribution < -0.4 is 5.32 Å². The van der Waals surface area contributed by atoms with Crippen LogP contribution in [-0.2, 0) is 4.79 Å². The number of nitrogens with zero attached hydrogens (tertiary/aromatic N) is 1. The molecule has 1 aliphatic heterocycles. The lowest BCUT2D eigenvalue weighted by Crippen LogP contribution is -2.41. The summed E-state index contributed by atoms with van der Waals surface area (Å²) in [4.78, 5) is 26.5. The number of carbonyl (C=O) groups excluding carboxylic acids is 2. The van der Waals surface area contributed by atoms with Crippen molar-refractivity contribution in [3.05, 3.63) is 52.4 Å². The van der Waals surface area contributed by atoms with Gasteiger partial charge in [-0.1, -0.05) is 15.9 Å². The molecule has 0 saturated carbocycles. The van der Waals surface area contributed by atoms with Gasteiger partial charge in [0.1, 0.15) is 6.26 Å². The lowest BCUT2D eigenvalue weighted by molar-refractivity contribution is -0.121. The van der Waals surface area contributed by atoms with E-state index >= 15 is 0 Å². The van der Waals surface area contributed by atoms with Crippen LogP contribution in [0.2, 0.25) is 0 Å². The fourth-order valence-corrected chi connectivity index (χ4v) is 3.39. The largest absolute Gasteiger partial charge is 0.472 e. The molecule has 0 radical (unpaired) electrons. The zero-order valence-corrected chi connectivity index (χ0v) is 15.0. The molecule has 2 aromatic rings. The van der Waals surface area contributed by atoms with Crippen molar-refractivity contribution in [3.8, 4) is 0 Å². The van der Waals surface area contributed by atoms with E-state index in [0.29, 0.717) is 31.5 Å². The molecule has 0 atom stereocenters. The third-order valence-electron chi connectivity index (χ3n) is 4.37. The highest BCUT2D eigenvalue weighted by Gasteiger charge is 2.28. The molecule has 2 heterocycles. The van der Waals surface area contributed by atoms with Crippen LogP contribution in [-0.4, -0.2) is 29.8 Å². The Kier molecular flexibility index (Phi) is 5.04. The van der Waals surface area contributed by atoms with Crippen molar-refractivity contribution < 1.29 is 14.0 Å². The molecule has 1 N–H and O–H groups in total. The van der Waals surface area contributed by atoms with Gasteiger partial charge in [-0.2, -0.15) is 0 Å². The van der Waals surface area contributed by atoms with Crippen LogP contribution in [0.25, 0.3) is 0 Å². The Morgan fingerprint density at radius 3 is 2.62 bits per heavy atom. The minimum absolute atomic E-state index is 0.0239. The fraction of sp³-hybridized carbons (Fsp3) is 0.333. The molecule has 1 aliphatic rings. The molecule has 1 aromatic carbocycles. The minimum Gasteiger partial charge on any atom is -0.472 e. The van der Waals surface area contributed by atoms with Crippen LogP contribution in [0.4, 0.5) is 5.69 Å². The average Bonchev–Trinajstić information content (AvgIpc) is 3.11. The van der Waals surface area contributed by atoms with Gasteiger partial charge in [-0.05, 0) is 49.6 Å². The van der Waals surface area contributed by atoms with E-state index in [1.54, 1.807) is 11.0 Å². The first-order chi connectivity index (χ1) is 11.5. The Balaban J connectivity index is 1.56. The van der Waals surface area contributed by atoms with Gasteiger partial charge in [0.25, 0.3) is 5.91 Å². The second-order valence-corrected chi connectivity index (χ2v) is 6.94. The van der Waals surface area contributed by atoms with Crippen molar-refractivity contribution in [3.63, 3.8) is 0 Å². The highest BCUT2D eigenvalue weighted by Crippen LogP contribution is 2.24. The maximum absolute atomic E-state index is 12.5. The van der Waals surface area contributed by atoms with Crippen LogP contribution in [0.15, 0.2) is 45.7 Å². The van der Waals surface area contributed by atoms with E-state index in [2.05, 4.69) is 21.2 Å². The standard InChI is InChI=1S/C18H19BrN2O3/c1-12-10-15(19)2-3-16(12)20-17(22)13-4-7-21(8-5-13)18(23)14-6-9-24-11-14/h2-3,6,9-11,13H,4-5,7-8H2,1H3,(H,20,22). The second kappa shape index (κ2) is 7.21. The van der Waals surface area contributed by atoms with Crippen molar-refractivity contribution >= 4 is 33.4 Å². The van der Waals surface area contributed by atoms with E-state index < -0.39 is 0 Å². The maximum Gasteiger partial charge on any atom is 0.257 e. The molecule has 0 unspecified atom stereocenters. The fourth-order valence-electron chi connectivity index (χ4n) is 2.92. The van der Waals surface area contributed by atoms with Gasteiger partial charge in [-0.15, -0.1) is 0 Å². The molecule has 6 heteroatoms. The van der Waals surface area contributed by atoms with Crippen molar-refractivity contribution in [2.24, 2.45) is 5.92 Å². The van der Waals surface area contributed by atoms with Crippen molar-refractivity contribution in [1.29, 1.82) is 0 Å². The van der Waals surface area contributed by atoms with E-state index in [1.165, 1.54) is 12.5 Å². The highest BCUT2D eigenvalue weighted by molar-refractivity contribution is 9.10. The Hall–Kier alpha value is -2.08. The summed E-state index contributed by atoms with van der Waals surface area (Å²) < 4.78 is 5.95. The molecule has 0 bridgehead atoms. The van der Waals surface area contributed by atoms with Gasteiger partial charge in [0.15, 0.2) is 0 Å². The highest BCUT2D eigenvalue weighted by atomic mass is 79.9. The van der Waals surface area contributed by atoms with Crippen LogP contribution >= 0.6 is 15.9 Å². The summed E-state index contributed by atoms with van der Waals surface area (Å²) in [7, 11) is 0. The number of nitrogens with one attached hydrogen (secondary N) is 1. The number of halogens is 1. The van der Waals surface area contributed by atoms with Crippen LogP contribution in [0.5, 0.6) is 0 Å². The first-order valence-corrected chi connectivity index (χ1v) is 8.72. The normalized spacial score (nSPS) is 15.3. The molecule has 5 nitrogen and oxygen atoms in total. The SMILES string of the molecule is Cc1cc(Br)ccc1NC(=O)C1CCN(C(=O)c2ccoc2)CC1. The summed E-state index contributed by atoms with van der Waals surface area (Å²) in [6.07, 6.45) is 4.29. The van der Waals surface area contributed by atoms with Gasteiger partial charge >= 0.3 is 0 Å². The lowest BCUT2D eigenvalue weighted by Gasteiger charge is -2.31. The van der Waals surface area contributed by atoms with E-state index in [-0.39, 0.29) is 17.7 Å². The van der Waals surface area contributed by atoms with Crippen molar-refractivity contribution in [2.45, 2.75) is 19.8 Å². The van der Waals surface area contributed by atoms with Gasteiger partial charge in [0, 0.05) is 29.2 Å². The summed E-state index contributed by atoms with van der Waals surface area (Å²) >= 11 is 3.42. The molecule has 126 valence electrons. The Morgan fingerprint density at radius 2 is 2.00 bits per heavy atom. The van der Waals surface area contributed by atoms with Crippen LogP contribution in [0.3, 0.4) is 0 Å². The second-order valence-electron chi connectivity index (χ2n) is 6.03. The summed E-state index contributed by atoms with van der Waals surface area (Å²) in [5.74, 6) is -0.0800. The van der Waals surface area contributed by atoms with Crippen molar-refractivity contribution in [2.75, 3.05) is 18.4 Å². The molecule has 2 amide bonds. The predicted molar refractivity (Wildman–Crippen MR) is 94.8 cm³/mol. The smallest absolute Gasteiger partial charge is 0.257 e. The summed E-state index contributed by atoms with van der Waals surface area (Å²) in [6, 6.07) is 7.45. The lowest BCUT2D eigenvalue weighted by atomic mass is 9.95. The number of benzene rings is 1. The van der Waals surface area contributed by atoms with Gasteiger partial charge in [0.05, 0.1) is 11.8 Å². The quantitative estimate of drug-likeness (QED) is 0.865. The number of likely N-dealkylation sites (tertiary alicyclic amines) is 1. The van der Waals surface area contributed by atoms with Crippen molar-refractivity contribution in [1.82, 2.24) is 4.90 Å². The van der Waals surface area contributed by atoms with E-state index in [1.807, 2.05) is 25.1 Å². The van der Waals surface area contributed by atoms with E-state index in [0.717, 1.165) is 15.7 Å². The van der Waals surface area contributed by atoms with Crippen LogP contribution in [0.1, 0.15) is 28.8 Å². The summed E-state index contributed by atoms with van der Waals surface area (Å²) in [5, 5.41) is 3.00. The number of rotatable bonds is 3. The Bertz CT molecular complexity index is 735. The van der Waals surface area contributed by atoms with Gasteiger partial charge in [-0.3, -0.25) is 9.59 Å². The number of carbonyl (C=O) groups is 2. The zero-order valence-electron chi connectivity index (χ0n) is 13.4. The molecule has 1 fully saturated rings. The number of aryl methyl sites for hydroxylation is 1. The molecule has 3 rings (SSSR count). The zero-order chi connectivity index (χ0) is 17.1. The third kappa shape index (κ3) is 3.70. The average molecular weight is 391 g/mol. The molecule has 0 spiro atoms. The molecule has 1 saturated heterocycles. The van der Waals surface area contributed by atoms with Gasteiger partial charge < -0.3 is 14.6 Å². The number of furan rings is 1. The Labute approximate surface area is 149 Å². The number of anilines is 1. The van der Waals surface area contributed by atoms with E-state index in [9.17, 15) is 9.59 Å². The first-order valence-electron chi connectivity index (χ1n) is 7.93. The molecular weight excluding hydrogens is 372 g/mol. The molecular formula is C18H19BrN2O3. The first kappa shape index (κ1) is 16.8. The summed E-state index contributed by atoms with van der Waals surface area (Å²) in [5.41, 5.74) is 2.41. The number of hydrogen-bond donors (Lipinski definition) is 1. The molecule has 24 heavy (non-hydrogen) atoms. The molecule has 0 aliphatic carbocycles. The minimum atomic E-state index is -0.0681. The van der Waals surface area contributed by atoms with Gasteiger partial charge in [-0.25, -0.2) is 0 Å². The molecule has 1 aromatic heterocycles. The summed E-state index contributed by atoms with van der Waals surface area (Å²) in [6.45, 7) is 3.13. The topological polar surface area (TPSA) is 62.6 Å². The number of hydrogen-bond acceptors (Lipinski definition) is 3. The predicted octanol–water partition coefficient (Wildman–Crippen LogP) is 3.84. The van der Waals surface area contributed by atoms with Crippen LogP contribution in [0, 0.1) is 12.8 Å². The van der Waals surface area contributed by atoms with Gasteiger partial charge in [0.2, 0.25) is 5.91 Å². The monoisotopic (exact) mass is 390 g/mol. The number of piperidine rings is 1. The number of amides is 2. The Morgan fingerprint density at radius 1 is 1.25 bits per heavy atom. The maximum atomic E-state index is 12.5.